The smallest absolute Gasteiger partial charge is 0.0544 e. The zero-order valence-electron chi connectivity index (χ0n) is 10.7. The molecule has 0 saturated heterocycles. The van der Waals surface area contributed by atoms with Gasteiger partial charge in [-0.1, -0.05) is 29.8 Å². The standard InChI is InChI=1S/C15H21NS/c1-16-15(12-8-4-3-5-9-12)13-10-6-7-11-14(13)17-2/h6-8,10-11,15-16H,3-5,9H2,1-2H3. The van der Waals surface area contributed by atoms with Gasteiger partial charge in [-0.25, -0.2) is 0 Å². The highest BCUT2D eigenvalue weighted by Gasteiger charge is 2.18. The van der Waals surface area contributed by atoms with E-state index >= 15 is 0 Å². The van der Waals surface area contributed by atoms with Gasteiger partial charge < -0.3 is 5.32 Å². The van der Waals surface area contributed by atoms with Crippen molar-refractivity contribution in [1.29, 1.82) is 0 Å². The van der Waals surface area contributed by atoms with Gasteiger partial charge in [0.25, 0.3) is 0 Å². The molecule has 0 saturated carbocycles. The Morgan fingerprint density at radius 3 is 2.71 bits per heavy atom. The normalized spacial score (nSPS) is 17.6. The van der Waals surface area contributed by atoms with Crippen LogP contribution >= 0.6 is 11.8 Å². The quantitative estimate of drug-likeness (QED) is 0.633. The Labute approximate surface area is 109 Å². The molecular weight excluding hydrogens is 226 g/mol. The largest absolute Gasteiger partial charge is 0.310 e. The van der Waals surface area contributed by atoms with Crippen LogP contribution in [-0.2, 0) is 0 Å². The van der Waals surface area contributed by atoms with Crippen molar-refractivity contribution in [2.24, 2.45) is 0 Å². The van der Waals surface area contributed by atoms with Crippen molar-refractivity contribution in [3.8, 4) is 0 Å². The fraction of sp³-hybridized carbons (Fsp3) is 0.467. The first-order valence-corrected chi connectivity index (χ1v) is 7.58. The summed E-state index contributed by atoms with van der Waals surface area (Å²) in [5, 5.41) is 3.48. The Bertz CT molecular complexity index is 398. The van der Waals surface area contributed by atoms with E-state index in [9.17, 15) is 0 Å². The van der Waals surface area contributed by atoms with Crippen LogP contribution in [0.15, 0.2) is 40.8 Å². The summed E-state index contributed by atoms with van der Waals surface area (Å²) < 4.78 is 0. The van der Waals surface area contributed by atoms with Crippen LogP contribution < -0.4 is 5.32 Å². The zero-order valence-corrected chi connectivity index (χ0v) is 11.5. The van der Waals surface area contributed by atoms with Crippen molar-refractivity contribution < 1.29 is 0 Å². The first kappa shape index (κ1) is 12.7. The van der Waals surface area contributed by atoms with E-state index in [2.05, 4.69) is 49.0 Å². The van der Waals surface area contributed by atoms with Crippen LogP contribution in [0.5, 0.6) is 0 Å². The van der Waals surface area contributed by atoms with Gasteiger partial charge in [-0.05, 0) is 50.6 Å². The number of hydrogen-bond donors (Lipinski definition) is 1. The lowest BCUT2D eigenvalue weighted by molar-refractivity contribution is 0.587. The van der Waals surface area contributed by atoms with E-state index in [1.54, 1.807) is 5.57 Å². The molecule has 92 valence electrons. The van der Waals surface area contributed by atoms with E-state index < -0.39 is 0 Å². The first-order chi connectivity index (χ1) is 8.36. The highest BCUT2D eigenvalue weighted by atomic mass is 32.2. The highest BCUT2D eigenvalue weighted by molar-refractivity contribution is 7.98. The fourth-order valence-electron chi connectivity index (χ4n) is 2.57. The van der Waals surface area contributed by atoms with E-state index in [0.717, 1.165) is 0 Å². The molecule has 0 radical (unpaired) electrons. The topological polar surface area (TPSA) is 12.0 Å². The van der Waals surface area contributed by atoms with Crippen LogP contribution in [0.2, 0.25) is 0 Å². The van der Waals surface area contributed by atoms with Gasteiger partial charge in [0.05, 0.1) is 6.04 Å². The molecular formula is C15H21NS. The summed E-state index contributed by atoms with van der Waals surface area (Å²) in [5.74, 6) is 0. The number of likely N-dealkylation sites (N-methyl/N-ethyl adjacent to an activating group) is 1. The molecule has 1 atom stereocenters. The van der Waals surface area contributed by atoms with Crippen LogP contribution in [0.25, 0.3) is 0 Å². The number of nitrogens with one attached hydrogen (secondary N) is 1. The molecule has 1 aliphatic carbocycles. The molecule has 1 aromatic rings. The van der Waals surface area contributed by atoms with Gasteiger partial charge in [0.2, 0.25) is 0 Å². The molecule has 17 heavy (non-hydrogen) atoms. The number of thioether (sulfide) groups is 1. The van der Waals surface area contributed by atoms with Gasteiger partial charge in [0, 0.05) is 4.90 Å². The molecule has 1 nitrogen and oxygen atoms in total. The van der Waals surface area contributed by atoms with Gasteiger partial charge >= 0.3 is 0 Å². The Morgan fingerprint density at radius 1 is 1.24 bits per heavy atom. The van der Waals surface area contributed by atoms with Crippen molar-refractivity contribution in [3.63, 3.8) is 0 Å². The van der Waals surface area contributed by atoms with Crippen molar-refractivity contribution >= 4 is 11.8 Å². The highest BCUT2D eigenvalue weighted by Crippen LogP contribution is 2.34. The van der Waals surface area contributed by atoms with Crippen molar-refractivity contribution in [3.05, 3.63) is 41.5 Å². The Hall–Kier alpha value is -0.730. The van der Waals surface area contributed by atoms with Gasteiger partial charge in [-0.15, -0.1) is 11.8 Å². The van der Waals surface area contributed by atoms with E-state index in [1.165, 1.54) is 36.1 Å². The van der Waals surface area contributed by atoms with Gasteiger partial charge in [0.15, 0.2) is 0 Å². The summed E-state index contributed by atoms with van der Waals surface area (Å²) in [6.07, 6.45) is 9.77. The lowest BCUT2D eigenvalue weighted by Crippen LogP contribution is -2.20. The molecule has 0 spiro atoms. The van der Waals surface area contributed by atoms with Crippen LogP contribution in [0.3, 0.4) is 0 Å². The molecule has 1 unspecified atom stereocenters. The summed E-state index contributed by atoms with van der Waals surface area (Å²) in [5.41, 5.74) is 3.00. The minimum atomic E-state index is 0.402. The maximum atomic E-state index is 3.48. The van der Waals surface area contributed by atoms with Gasteiger partial charge in [-0.2, -0.15) is 0 Å². The summed E-state index contributed by atoms with van der Waals surface area (Å²) in [6, 6.07) is 9.13. The maximum absolute atomic E-state index is 3.48. The predicted molar refractivity (Wildman–Crippen MR) is 76.6 cm³/mol. The number of hydrogen-bond acceptors (Lipinski definition) is 2. The minimum absolute atomic E-state index is 0.402. The summed E-state index contributed by atoms with van der Waals surface area (Å²) in [4.78, 5) is 1.39. The predicted octanol–water partition coefficient (Wildman–Crippen LogP) is 4.17. The summed E-state index contributed by atoms with van der Waals surface area (Å²) >= 11 is 1.84. The van der Waals surface area contributed by atoms with E-state index in [-0.39, 0.29) is 0 Å². The molecule has 0 aliphatic heterocycles. The molecule has 1 aromatic carbocycles. The van der Waals surface area contributed by atoms with Crippen molar-refractivity contribution in [2.45, 2.75) is 36.6 Å². The lowest BCUT2D eigenvalue weighted by atomic mass is 9.90. The monoisotopic (exact) mass is 247 g/mol. The number of rotatable bonds is 4. The number of allylic oxidation sites excluding steroid dienone is 1. The lowest BCUT2D eigenvalue weighted by Gasteiger charge is -2.25. The Kier molecular flexibility index (Phi) is 4.69. The SMILES string of the molecule is CNC(C1=CCCCC1)c1ccccc1SC. The van der Waals surface area contributed by atoms with Crippen LogP contribution in [0.1, 0.15) is 37.3 Å². The fourth-order valence-corrected chi connectivity index (χ4v) is 3.21. The average Bonchev–Trinajstić information content (AvgIpc) is 2.41. The second kappa shape index (κ2) is 6.27. The average molecular weight is 247 g/mol. The van der Waals surface area contributed by atoms with Gasteiger partial charge in [-0.3, -0.25) is 0 Å². The molecule has 0 bridgehead atoms. The second-order valence-electron chi connectivity index (χ2n) is 4.49. The summed E-state index contributed by atoms with van der Waals surface area (Å²) in [6.45, 7) is 0. The van der Waals surface area contributed by atoms with Crippen LogP contribution in [0, 0.1) is 0 Å². The first-order valence-electron chi connectivity index (χ1n) is 6.36. The third kappa shape index (κ3) is 2.93. The van der Waals surface area contributed by atoms with E-state index in [0.29, 0.717) is 6.04 Å². The molecule has 1 aliphatic rings. The third-order valence-electron chi connectivity index (χ3n) is 3.44. The van der Waals surface area contributed by atoms with Crippen molar-refractivity contribution in [2.75, 3.05) is 13.3 Å². The van der Waals surface area contributed by atoms with Crippen LogP contribution in [0.4, 0.5) is 0 Å². The number of benzene rings is 1. The molecule has 2 heteroatoms. The maximum Gasteiger partial charge on any atom is 0.0544 e. The molecule has 2 rings (SSSR count). The second-order valence-corrected chi connectivity index (χ2v) is 5.34. The van der Waals surface area contributed by atoms with Crippen LogP contribution in [-0.4, -0.2) is 13.3 Å². The molecule has 1 N–H and O–H groups in total. The van der Waals surface area contributed by atoms with Gasteiger partial charge in [0.1, 0.15) is 0 Å². The third-order valence-corrected chi connectivity index (χ3v) is 4.25. The summed E-state index contributed by atoms with van der Waals surface area (Å²) in [7, 11) is 2.07. The van der Waals surface area contributed by atoms with E-state index in [4.69, 9.17) is 0 Å². The zero-order chi connectivity index (χ0) is 12.1. The molecule has 0 fully saturated rings. The van der Waals surface area contributed by atoms with Crippen molar-refractivity contribution in [1.82, 2.24) is 5.32 Å². The van der Waals surface area contributed by atoms with E-state index in [1.807, 2.05) is 11.8 Å². The Balaban J connectivity index is 2.31. The molecule has 0 amide bonds. The minimum Gasteiger partial charge on any atom is -0.310 e. The molecule has 0 heterocycles. The Morgan fingerprint density at radius 2 is 2.06 bits per heavy atom. The molecule has 0 aromatic heterocycles.